The van der Waals surface area contributed by atoms with Crippen LogP contribution in [0.15, 0.2) is 16.3 Å². The van der Waals surface area contributed by atoms with Crippen molar-refractivity contribution in [3.63, 3.8) is 0 Å². The number of rotatable bonds is 8. The molecule has 0 unspecified atom stereocenters. The van der Waals surface area contributed by atoms with Crippen molar-refractivity contribution in [3.8, 4) is 0 Å². The molecule has 2 heterocycles. The van der Waals surface area contributed by atoms with E-state index in [1.165, 1.54) is 4.31 Å². The van der Waals surface area contributed by atoms with Crippen LogP contribution in [-0.4, -0.2) is 49.3 Å². The number of carboxylic acids is 1. The number of hydrogen-bond acceptors (Lipinski definition) is 5. The number of thiophene rings is 1. The van der Waals surface area contributed by atoms with Gasteiger partial charge in [-0.2, -0.15) is 4.31 Å². The van der Waals surface area contributed by atoms with Gasteiger partial charge in [0.25, 0.3) is 10.0 Å². The highest BCUT2D eigenvalue weighted by molar-refractivity contribution is 7.91. The van der Waals surface area contributed by atoms with Gasteiger partial charge >= 0.3 is 5.97 Å². The number of carbonyl (C=O) groups is 2. The maximum absolute atomic E-state index is 12.4. The van der Waals surface area contributed by atoms with Gasteiger partial charge in [-0.25, -0.2) is 8.42 Å². The zero-order chi connectivity index (χ0) is 16.9. The molecule has 0 saturated carbocycles. The Hall–Kier alpha value is -1.45. The van der Waals surface area contributed by atoms with E-state index in [1.807, 2.05) is 0 Å². The topological polar surface area (TPSA) is 104 Å². The second kappa shape index (κ2) is 7.89. The van der Waals surface area contributed by atoms with Crippen LogP contribution in [0.2, 0.25) is 0 Å². The number of carbonyl (C=O) groups excluding carboxylic acids is 1. The quantitative estimate of drug-likeness (QED) is 0.675. The predicted molar refractivity (Wildman–Crippen MR) is 85.9 cm³/mol. The molecule has 0 spiro atoms. The Bertz CT molecular complexity index is 662. The Morgan fingerprint density at radius 2 is 1.96 bits per heavy atom. The van der Waals surface area contributed by atoms with Crippen molar-refractivity contribution < 1.29 is 23.1 Å². The van der Waals surface area contributed by atoms with Gasteiger partial charge in [-0.3, -0.25) is 9.59 Å². The normalized spacial score (nSPS) is 15.7. The number of nitrogens with one attached hydrogen (secondary N) is 1. The van der Waals surface area contributed by atoms with Gasteiger partial charge in [0.2, 0.25) is 5.91 Å². The molecule has 1 fully saturated rings. The van der Waals surface area contributed by atoms with Crippen LogP contribution < -0.4 is 5.32 Å². The summed E-state index contributed by atoms with van der Waals surface area (Å²) in [6.07, 6.45) is 2.26. The average molecular weight is 360 g/mol. The molecule has 1 aromatic heterocycles. The first-order chi connectivity index (χ1) is 10.9. The van der Waals surface area contributed by atoms with Crippen LogP contribution in [0.5, 0.6) is 0 Å². The van der Waals surface area contributed by atoms with Crippen LogP contribution in [0.3, 0.4) is 0 Å². The Morgan fingerprint density at radius 3 is 2.61 bits per heavy atom. The molecule has 7 nitrogen and oxygen atoms in total. The predicted octanol–water partition coefficient (Wildman–Crippen LogP) is 1.06. The van der Waals surface area contributed by atoms with Crippen LogP contribution in [0.1, 0.15) is 30.6 Å². The first kappa shape index (κ1) is 17.9. The van der Waals surface area contributed by atoms with Crippen molar-refractivity contribution in [1.29, 1.82) is 0 Å². The molecule has 2 N–H and O–H groups in total. The van der Waals surface area contributed by atoms with Crippen LogP contribution in [-0.2, 0) is 26.0 Å². The molecule has 0 aromatic carbocycles. The standard InChI is InChI=1S/C14H20N2O5S2/c17-12(15-7-3-4-13(18)19)10-11-5-6-14(22-11)23(20,21)16-8-1-2-9-16/h5-6H,1-4,7-10H2,(H,15,17)(H,18,19). The van der Waals surface area contributed by atoms with Gasteiger partial charge in [0.05, 0.1) is 6.42 Å². The molecule has 0 aliphatic carbocycles. The summed E-state index contributed by atoms with van der Waals surface area (Å²) < 4.78 is 26.5. The Labute approximate surface area is 139 Å². The van der Waals surface area contributed by atoms with Crippen LogP contribution >= 0.6 is 11.3 Å². The number of sulfonamides is 1. The van der Waals surface area contributed by atoms with Gasteiger partial charge in [0, 0.05) is 30.9 Å². The van der Waals surface area contributed by atoms with E-state index in [2.05, 4.69) is 5.32 Å². The lowest BCUT2D eigenvalue weighted by atomic mass is 10.3. The van der Waals surface area contributed by atoms with E-state index < -0.39 is 16.0 Å². The molecule has 23 heavy (non-hydrogen) atoms. The minimum atomic E-state index is -3.43. The molecule has 0 radical (unpaired) electrons. The third-order valence-electron chi connectivity index (χ3n) is 3.52. The fourth-order valence-electron chi connectivity index (χ4n) is 2.34. The average Bonchev–Trinajstić information content (AvgIpc) is 3.15. The zero-order valence-electron chi connectivity index (χ0n) is 12.7. The Kier molecular flexibility index (Phi) is 6.14. The van der Waals surface area contributed by atoms with E-state index in [9.17, 15) is 18.0 Å². The van der Waals surface area contributed by atoms with Gasteiger partial charge in [-0.1, -0.05) is 0 Å². The maximum atomic E-state index is 12.4. The van der Waals surface area contributed by atoms with Crippen LogP contribution in [0.4, 0.5) is 0 Å². The summed E-state index contributed by atoms with van der Waals surface area (Å²) in [5.41, 5.74) is 0. The number of aliphatic carboxylic acids is 1. The lowest BCUT2D eigenvalue weighted by Crippen LogP contribution is -2.27. The first-order valence-corrected chi connectivity index (χ1v) is 9.72. The molecule has 9 heteroatoms. The number of hydrogen-bond donors (Lipinski definition) is 2. The van der Waals surface area contributed by atoms with E-state index >= 15 is 0 Å². The molecular weight excluding hydrogens is 340 g/mol. The minimum Gasteiger partial charge on any atom is -0.481 e. The first-order valence-electron chi connectivity index (χ1n) is 7.47. The van der Waals surface area contributed by atoms with Gasteiger partial charge in [0.1, 0.15) is 4.21 Å². The minimum absolute atomic E-state index is 0.0114. The van der Waals surface area contributed by atoms with Crippen LogP contribution in [0.25, 0.3) is 0 Å². The van der Waals surface area contributed by atoms with Gasteiger partial charge in [-0.15, -0.1) is 11.3 Å². The van der Waals surface area contributed by atoms with E-state index in [4.69, 9.17) is 5.11 Å². The molecule has 1 aliphatic heterocycles. The van der Waals surface area contributed by atoms with Gasteiger partial charge < -0.3 is 10.4 Å². The SMILES string of the molecule is O=C(O)CCCNC(=O)Cc1ccc(S(=O)(=O)N2CCCC2)s1. The summed E-state index contributed by atoms with van der Waals surface area (Å²) in [6.45, 7) is 1.41. The number of carboxylic acid groups (broad SMARTS) is 1. The largest absolute Gasteiger partial charge is 0.481 e. The van der Waals surface area contributed by atoms with E-state index in [1.54, 1.807) is 12.1 Å². The fourth-order valence-corrected chi connectivity index (χ4v) is 5.36. The highest BCUT2D eigenvalue weighted by Crippen LogP contribution is 2.27. The Morgan fingerprint density at radius 1 is 1.26 bits per heavy atom. The summed E-state index contributed by atoms with van der Waals surface area (Å²) in [5, 5.41) is 11.1. The third-order valence-corrected chi connectivity index (χ3v) is 6.97. The second-order valence-corrected chi connectivity index (χ2v) is 8.69. The summed E-state index contributed by atoms with van der Waals surface area (Å²) >= 11 is 1.11. The lowest BCUT2D eigenvalue weighted by Gasteiger charge is -2.13. The number of nitrogens with zero attached hydrogens (tertiary/aromatic N) is 1. The van der Waals surface area contributed by atoms with Gasteiger partial charge in [0.15, 0.2) is 0 Å². The smallest absolute Gasteiger partial charge is 0.303 e. The van der Waals surface area contributed by atoms with Crippen molar-refractivity contribution in [1.82, 2.24) is 9.62 Å². The zero-order valence-corrected chi connectivity index (χ0v) is 14.3. The van der Waals surface area contributed by atoms with Crippen molar-refractivity contribution >= 4 is 33.2 Å². The molecular formula is C14H20N2O5S2. The molecule has 128 valence electrons. The molecule has 1 aromatic rings. The van der Waals surface area contributed by atoms with Crippen molar-refractivity contribution in [3.05, 3.63) is 17.0 Å². The molecule has 0 atom stereocenters. The lowest BCUT2D eigenvalue weighted by molar-refractivity contribution is -0.137. The molecule has 1 aliphatic rings. The summed E-state index contributed by atoms with van der Waals surface area (Å²) in [5.74, 6) is -1.13. The van der Waals surface area contributed by atoms with Crippen molar-refractivity contribution in [2.75, 3.05) is 19.6 Å². The molecule has 0 bridgehead atoms. The van der Waals surface area contributed by atoms with Gasteiger partial charge in [-0.05, 0) is 31.4 Å². The second-order valence-electron chi connectivity index (χ2n) is 5.36. The van der Waals surface area contributed by atoms with Crippen molar-refractivity contribution in [2.24, 2.45) is 0 Å². The third kappa shape index (κ3) is 5.02. The molecule has 1 saturated heterocycles. The highest BCUT2D eigenvalue weighted by atomic mass is 32.2. The Balaban J connectivity index is 1.87. The van der Waals surface area contributed by atoms with Crippen molar-refractivity contribution in [2.45, 2.75) is 36.3 Å². The number of amides is 1. The van der Waals surface area contributed by atoms with E-state index in [-0.39, 0.29) is 23.0 Å². The monoisotopic (exact) mass is 360 g/mol. The summed E-state index contributed by atoms with van der Waals surface area (Å²) in [4.78, 5) is 22.8. The molecule has 2 rings (SSSR count). The van der Waals surface area contributed by atoms with Crippen LogP contribution in [0, 0.1) is 0 Å². The fraction of sp³-hybridized carbons (Fsp3) is 0.571. The van der Waals surface area contributed by atoms with E-state index in [0.717, 1.165) is 24.2 Å². The maximum Gasteiger partial charge on any atom is 0.303 e. The summed E-state index contributed by atoms with van der Waals surface area (Å²) in [7, 11) is -3.43. The van der Waals surface area contributed by atoms with E-state index in [0.29, 0.717) is 30.9 Å². The molecule has 1 amide bonds. The highest BCUT2D eigenvalue weighted by Gasteiger charge is 2.28. The summed E-state index contributed by atoms with van der Waals surface area (Å²) in [6, 6.07) is 3.20.